The maximum atomic E-state index is 12.3. The number of nitrogens with two attached hydrogens (primary N) is 1. The highest BCUT2D eigenvalue weighted by Gasteiger charge is 2.45. The standard InChI is InChI=1S/C30H54N5O7P/c1-2-3-4-5-6-7-8-9-10-11-12-13-14-15-16-17-18-19-20-40-43(38,39)41-21-24-26(36)27(37)30(42-24)35-23-34-25-28(31)32-22-33-29(25)35/h22-24,26-27,30,36-37H,2-21H2,1H3,(H,38,39)(H2,31,32,33)/t24-,26-,27-,30-/m1/s1. The van der Waals surface area contributed by atoms with Gasteiger partial charge < -0.3 is 25.6 Å². The summed E-state index contributed by atoms with van der Waals surface area (Å²) in [7, 11) is -4.34. The Balaban J connectivity index is 1.17. The van der Waals surface area contributed by atoms with E-state index in [9.17, 15) is 19.7 Å². The van der Waals surface area contributed by atoms with Crippen LogP contribution in [-0.2, 0) is 18.3 Å². The molecular weight excluding hydrogens is 573 g/mol. The first-order valence-corrected chi connectivity index (χ1v) is 17.9. The van der Waals surface area contributed by atoms with E-state index in [-0.39, 0.29) is 12.4 Å². The Kier molecular flexibility index (Phi) is 16.4. The van der Waals surface area contributed by atoms with E-state index in [2.05, 4.69) is 21.9 Å². The summed E-state index contributed by atoms with van der Waals surface area (Å²) in [5, 5.41) is 21.0. The number of hydrogen-bond acceptors (Lipinski definition) is 10. The number of ether oxygens (including phenoxy) is 1. The minimum atomic E-state index is -4.34. The van der Waals surface area contributed by atoms with Crippen LogP contribution in [0.3, 0.4) is 0 Å². The van der Waals surface area contributed by atoms with Gasteiger partial charge in [-0.1, -0.05) is 116 Å². The second kappa shape index (κ2) is 19.7. The molecule has 0 saturated carbocycles. The molecular formula is C30H54N5O7P. The molecule has 246 valence electrons. The molecule has 1 fully saturated rings. The number of rotatable bonds is 24. The number of aliphatic hydroxyl groups is 2. The molecule has 0 radical (unpaired) electrons. The van der Waals surface area contributed by atoms with Crippen LogP contribution in [0.15, 0.2) is 12.7 Å². The molecule has 43 heavy (non-hydrogen) atoms. The van der Waals surface area contributed by atoms with Crippen molar-refractivity contribution in [3.05, 3.63) is 12.7 Å². The number of aromatic nitrogens is 4. The highest BCUT2D eigenvalue weighted by Crippen LogP contribution is 2.44. The van der Waals surface area contributed by atoms with Crippen molar-refractivity contribution in [2.24, 2.45) is 0 Å². The van der Waals surface area contributed by atoms with Crippen LogP contribution in [0.2, 0.25) is 0 Å². The lowest BCUT2D eigenvalue weighted by atomic mass is 10.0. The molecule has 1 aliphatic rings. The van der Waals surface area contributed by atoms with Gasteiger partial charge in [0.05, 0.1) is 19.5 Å². The van der Waals surface area contributed by atoms with E-state index < -0.39 is 39.0 Å². The molecule has 5 atom stereocenters. The number of anilines is 1. The third kappa shape index (κ3) is 12.3. The lowest BCUT2D eigenvalue weighted by Crippen LogP contribution is -2.33. The Morgan fingerprint density at radius 1 is 0.814 bits per heavy atom. The van der Waals surface area contributed by atoms with E-state index in [4.69, 9.17) is 19.5 Å². The lowest BCUT2D eigenvalue weighted by Gasteiger charge is -2.17. The third-order valence-electron chi connectivity index (χ3n) is 8.15. The van der Waals surface area contributed by atoms with Gasteiger partial charge in [-0.2, -0.15) is 0 Å². The van der Waals surface area contributed by atoms with Crippen LogP contribution >= 0.6 is 7.82 Å². The predicted octanol–water partition coefficient (Wildman–Crippen LogP) is 6.20. The van der Waals surface area contributed by atoms with Gasteiger partial charge in [-0.3, -0.25) is 13.6 Å². The first-order valence-electron chi connectivity index (χ1n) is 16.4. The molecule has 2 aromatic heterocycles. The average molecular weight is 628 g/mol. The molecule has 13 heteroatoms. The van der Waals surface area contributed by atoms with Crippen molar-refractivity contribution in [3.63, 3.8) is 0 Å². The second-order valence-electron chi connectivity index (χ2n) is 11.7. The summed E-state index contributed by atoms with van der Waals surface area (Å²) in [6.45, 7) is 1.93. The number of phosphoric ester groups is 1. The van der Waals surface area contributed by atoms with Crippen LogP contribution in [0.4, 0.5) is 5.82 Å². The molecule has 2 aromatic rings. The number of unbranched alkanes of at least 4 members (excludes halogenated alkanes) is 17. The van der Waals surface area contributed by atoms with Gasteiger partial charge in [-0.05, 0) is 6.42 Å². The van der Waals surface area contributed by atoms with Gasteiger partial charge in [0, 0.05) is 0 Å². The van der Waals surface area contributed by atoms with E-state index >= 15 is 0 Å². The van der Waals surface area contributed by atoms with Gasteiger partial charge in [-0.25, -0.2) is 19.5 Å². The van der Waals surface area contributed by atoms with Crippen LogP contribution in [0.1, 0.15) is 129 Å². The number of hydrogen-bond donors (Lipinski definition) is 4. The Hall–Kier alpha value is -1.66. The number of phosphoric acid groups is 1. The molecule has 5 N–H and O–H groups in total. The lowest BCUT2D eigenvalue weighted by molar-refractivity contribution is -0.0514. The van der Waals surface area contributed by atoms with Crippen molar-refractivity contribution in [3.8, 4) is 0 Å². The maximum Gasteiger partial charge on any atom is 0.472 e. The summed E-state index contributed by atoms with van der Waals surface area (Å²) in [6, 6.07) is 0. The summed E-state index contributed by atoms with van der Waals surface area (Å²) < 4.78 is 29.6. The minimum absolute atomic E-state index is 0.105. The quantitative estimate of drug-likeness (QED) is 0.0770. The van der Waals surface area contributed by atoms with E-state index in [1.54, 1.807) is 0 Å². The van der Waals surface area contributed by atoms with Crippen molar-refractivity contribution in [1.29, 1.82) is 0 Å². The Labute approximate surface area is 256 Å². The van der Waals surface area contributed by atoms with Crippen molar-refractivity contribution in [2.75, 3.05) is 18.9 Å². The molecule has 1 aliphatic heterocycles. The number of nitrogen functional groups attached to an aromatic ring is 1. The van der Waals surface area contributed by atoms with E-state index in [1.807, 2.05) is 0 Å². The molecule has 3 rings (SSSR count). The van der Waals surface area contributed by atoms with Gasteiger partial charge in [0.15, 0.2) is 17.7 Å². The highest BCUT2D eigenvalue weighted by atomic mass is 31.2. The smallest absolute Gasteiger partial charge is 0.387 e. The zero-order chi connectivity index (χ0) is 30.9. The van der Waals surface area contributed by atoms with E-state index in [1.165, 1.54) is 107 Å². The molecule has 0 amide bonds. The topological polar surface area (TPSA) is 175 Å². The first-order chi connectivity index (χ1) is 20.8. The molecule has 1 unspecified atom stereocenters. The second-order valence-corrected chi connectivity index (χ2v) is 13.2. The van der Waals surface area contributed by atoms with Crippen LogP contribution in [0.5, 0.6) is 0 Å². The van der Waals surface area contributed by atoms with Gasteiger partial charge in [0.25, 0.3) is 0 Å². The zero-order valence-electron chi connectivity index (χ0n) is 25.9. The fourth-order valence-corrected chi connectivity index (χ4v) is 6.31. The Bertz CT molecular complexity index is 1090. The van der Waals surface area contributed by atoms with E-state index in [0.29, 0.717) is 17.6 Å². The molecule has 3 heterocycles. The monoisotopic (exact) mass is 627 g/mol. The maximum absolute atomic E-state index is 12.3. The van der Waals surface area contributed by atoms with Crippen LogP contribution in [0, 0.1) is 0 Å². The van der Waals surface area contributed by atoms with Gasteiger partial charge >= 0.3 is 7.82 Å². The number of fused-ring (bicyclic) bond motifs is 1. The van der Waals surface area contributed by atoms with Gasteiger partial charge in [0.1, 0.15) is 30.2 Å². The van der Waals surface area contributed by atoms with Crippen molar-refractivity contribution < 1.29 is 33.5 Å². The number of imidazole rings is 1. The molecule has 0 spiro atoms. The predicted molar refractivity (Wildman–Crippen MR) is 166 cm³/mol. The fraction of sp³-hybridized carbons (Fsp3) is 0.833. The third-order valence-corrected chi connectivity index (χ3v) is 9.14. The van der Waals surface area contributed by atoms with Crippen LogP contribution in [0.25, 0.3) is 11.2 Å². The van der Waals surface area contributed by atoms with Crippen molar-refractivity contribution in [1.82, 2.24) is 19.5 Å². The first kappa shape index (κ1) is 35.8. The van der Waals surface area contributed by atoms with Gasteiger partial charge in [0.2, 0.25) is 0 Å². The number of aliphatic hydroxyl groups excluding tert-OH is 2. The summed E-state index contributed by atoms with van der Waals surface area (Å²) in [6.07, 6.45) is 20.6. The SMILES string of the molecule is CCCCCCCCCCCCCCCCCCCCOP(=O)(O)OC[C@H]1O[C@@H](n2cnc3c(N)ncnc32)[C@H](O)[C@@H]1O. The molecule has 0 bridgehead atoms. The fourth-order valence-electron chi connectivity index (χ4n) is 5.54. The average Bonchev–Trinajstić information content (AvgIpc) is 3.54. The van der Waals surface area contributed by atoms with Crippen molar-refractivity contribution >= 4 is 24.8 Å². The molecule has 12 nitrogen and oxygen atoms in total. The Morgan fingerprint density at radius 2 is 1.35 bits per heavy atom. The summed E-state index contributed by atoms with van der Waals surface area (Å²) in [5.41, 5.74) is 6.47. The highest BCUT2D eigenvalue weighted by molar-refractivity contribution is 7.47. The largest absolute Gasteiger partial charge is 0.472 e. The van der Waals surface area contributed by atoms with Gasteiger partial charge in [-0.15, -0.1) is 0 Å². The summed E-state index contributed by atoms with van der Waals surface area (Å²) >= 11 is 0. The normalized spacial score (nSPS) is 22.0. The summed E-state index contributed by atoms with van der Waals surface area (Å²) in [5.74, 6) is 0.171. The van der Waals surface area contributed by atoms with E-state index in [0.717, 1.165) is 19.3 Å². The van der Waals surface area contributed by atoms with Crippen LogP contribution in [-0.4, -0.2) is 66.2 Å². The molecule has 0 aliphatic carbocycles. The van der Waals surface area contributed by atoms with Crippen LogP contribution < -0.4 is 5.73 Å². The minimum Gasteiger partial charge on any atom is -0.387 e. The number of nitrogens with zero attached hydrogens (tertiary/aromatic N) is 4. The van der Waals surface area contributed by atoms with Crippen molar-refractivity contribution in [2.45, 2.75) is 147 Å². The molecule has 0 aromatic carbocycles. The summed E-state index contributed by atoms with van der Waals surface area (Å²) in [4.78, 5) is 22.2. The Morgan fingerprint density at radius 3 is 1.91 bits per heavy atom. The zero-order valence-corrected chi connectivity index (χ0v) is 26.8. The molecule has 1 saturated heterocycles.